The Bertz CT molecular complexity index is 1140. The summed E-state index contributed by atoms with van der Waals surface area (Å²) >= 11 is 0. The highest BCUT2D eigenvalue weighted by atomic mass is 32.2. The van der Waals surface area contributed by atoms with E-state index in [0.29, 0.717) is 30.4 Å². The first-order chi connectivity index (χ1) is 14.9. The predicted molar refractivity (Wildman–Crippen MR) is 124 cm³/mol. The summed E-state index contributed by atoms with van der Waals surface area (Å²) in [5.74, 6) is 0.710. The molecule has 0 aliphatic carbocycles. The molecule has 0 unspecified atom stereocenters. The van der Waals surface area contributed by atoms with E-state index in [0.717, 1.165) is 22.6 Å². The first-order valence-electron chi connectivity index (χ1n) is 10.2. The second kappa shape index (κ2) is 10.3. The number of hydrogen-bond donors (Lipinski definition) is 2. The summed E-state index contributed by atoms with van der Waals surface area (Å²) in [6, 6.07) is 18.7. The maximum absolute atomic E-state index is 12.4. The smallest absolute Gasteiger partial charge is 0.191 e. The molecule has 3 aromatic rings. The van der Waals surface area contributed by atoms with E-state index in [1.54, 1.807) is 31.3 Å². The molecule has 2 N–H and O–H groups in total. The molecule has 1 aromatic heterocycles. The molecule has 0 amide bonds. The molecule has 0 radical (unpaired) electrons. The van der Waals surface area contributed by atoms with Gasteiger partial charge in [-0.25, -0.2) is 13.1 Å². The summed E-state index contributed by atoms with van der Waals surface area (Å²) < 4.78 is 26.7. The Kier molecular flexibility index (Phi) is 7.46. The lowest BCUT2D eigenvalue weighted by molar-refractivity contribution is 0.592. The number of nitrogens with one attached hydrogen (secondary N) is 2. The highest BCUT2D eigenvalue weighted by molar-refractivity contribution is 7.91. The minimum Gasteiger partial charge on any atom is -0.356 e. The van der Waals surface area contributed by atoms with Gasteiger partial charge in [0.05, 0.1) is 22.0 Å². The van der Waals surface area contributed by atoms with E-state index in [9.17, 15) is 8.42 Å². The van der Waals surface area contributed by atoms with Crippen molar-refractivity contribution in [2.45, 2.75) is 31.7 Å². The van der Waals surface area contributed by atoms with Crippen LogP contribution in [0.5, 0.6) is 0 Å². The number of aryl methyl sites for hydroxylation is 2. The second-order valence-electron chi connectivity index (χ2n) is 7.31. The normalized spacial score (nSPS) is 12.0. The third kappa shape index (κ3) is 5.95. The fourth-order valence-electron chi connectivity index (χ4n) is 3.35. The number of aromatic nitrogens is 2. The third-order valence-electron chi connectivity index (χ3n) is 4.88. The van der Waals surface area contributed by atoms with Crippen molar-refractivity contribution in [3.8, 4) is 5.69 Å². The molecule has 0 bridgehead atoms. The van der Waals surface area contributed by atoms with Gasteiger partial charge in [0.15, 0.2) is 15.8 Å². The van der Waals surface area contributed by atoms with Gasteiger partial charge in [-0.15, -0.1) is 0 Å². The molecule has 2 aromatic carbocycles. The van der Waals surface area contributed by atoms with Gasteiger partial charge in [0.25, 0.3) is 0 Å². The first kappa shape index (κ1) is 22.6. The SMILES string of the molecule is CN=C(NCCCS(=O)(=O)c1ccccc1)NCc1ccccc1-n1nc(C)cc1C. The van der Waals surface area contributed by atoms with Gasteiger partial charge >= 0.3 is 0 Å². The standard InChI is InChI=1S/C23H29N5O2S/c1-18-16-19(2)28(27-18)22-13-8-7-10-20(22)17-26-23(24-3)25-14-9-15-31(29,30)21-11-5-4-6-12-21/h4-8,10-13,16H,9,14-15,17H2,1-3H3,(H2,24,25,26). The molecule has 0 aliphatic rings. The van der Waals surface area contributed by atoms with Crippen LogP contribution in [0, 0.1) is 13.8 Å². The number of rotatable bonds is 8. The van der Waals surface area contributed by atoms with Crippen LogP contribution in [0.2, 0.25) is 0 Å². The zero-order valence-electron chi connectivity index (χ0n) is 18.2. The fourth-order valence-corrected chi connectivity index (χ4v) is 4.69. The average molecular weight is 440 g/mol. The van der Waals surface area contributed by atoms with Crippen LogP contribution >= 0.6 is 0 Å². The number of nitrogens with zero attached hydrogens (tertiary/aromatic N) is 3. The van der Waals surface area contributed by atoms with E-state index in [1.165, 1.54) is 0 Å². The highest BCUT2D eigenvalue weighted by Crippen LogP contribution is 2.17. The predicted octanol–water partition coefficient (Wildman–Crippen LogP) is 3.02. The van der Waals surface area contributed by atoms with Gasteiger partial charge in [0.2, 0.25) is 0 Å². The summed E-state index contributed by atoms with van der Waals surface area (Å²) in [6.07, 6.45) is 0.486. The lowest BCUT2D eigenvalue weighted by Crippen LogP contribution is -2.38. The first-order valence-corrected chi connectivity index (χ1v) is 11.9. The van der Waals surface area contributed by atoms with Crippen LogP contribution in [0.25, 0.3) is 5.69 Å². The van der Waals surface area contributed by atoms with Crippen LogP contribution < -0.4 is 10.6 Å². The molecule has 0 fully saturated rings. The Hall–Kier alpha value is -3.13. The Morgan fingerprint density at radius 3 is 2.42 bits per heavy atom. The topological polar surface area (TPSA) is 88.4 Å². The van der Waals surface area contributed by atoms with E-state index in [4.69, 9.17) is 0 Å². The Labute approximate surface area is 184 Å². The van der Waals surface area contributed by atoms with Gasteiger partial charge < -0.3 is 10.6 Å². The van der Waals surface area contributed by atoms with Crippen LogP contribution in [-0.4, -0.2) is 43.5 Å². The molecular formula is C23H29N5O2S. The van der Waals surface area contributed by atoms with Gasteiger partial charge in [0, 0.05) is 25.8 Å². The number of hydrogen-bond acceptors (Lipinski definition) is 4. The maximum Gasteiger partial charge on any atom is 0.191 e. The van der Waals surface area contributed by atoms with E-state index in [2.05, 4.69) is 26.8 Å². The maximum atomic E-state index is 12.4. The van der Waals surface area contributed by atoms with Gasteiger partial charge in [-0.05, 0) is 50.1 Å². The van der Waals surface area contributed by atoms with Crippen molar-refractivity contribution in [3.05, 3.63) is 77.6 Å². The monoisotopic (exact) mass is 439 g/mol. The molecule has 0 aliphatic heterocycles. The highest BCUT2D eigenvalue weighted by Gasteiger charge is 2.13. The number of guanidine groups is 1. The number of benzene rings is 2. The number of aliphatic imine (C=N–C) groups is 1. The number of para-hydroxylation sites is 1. The van der Waals surface area contributed by atoms with Crippen LogP contribution in [0.15, 0.2) is 70.6 Å². The Balaban J connectivity index is 1.54. The largest absolute Gasteiger partial charge is 0.356 e. The van der Waals surface area contributed by atoms with Crippen LogP contribution in [0.4, 0.5) is 0 Å². The van der Waals surface area contributed by atoms with Gasteiger partial charge in [-0.2, -0.15) is 5.10 Å². The van der Waals surface area contributed by atoms with E-state index in [-0.39, 0.29) is 5.75 Å². The van der Waals surface area contributed by atoms with Gasteiger partial charge in [-0.1, -0.05) is 36.4 Å². The van der Waals surface area contributed by atoms with Crippen LogP contribution in [0.1, 0.15) is 23.4 Å². The quantitative estimate of drug-likeness (QED) is 0.320. The van der Waals surface area contributed by atoms with Crippen molar-refractivity contribution in [3.63, 3.8) is 0 Å². The van der Waals surface area contributed by atoms with E-state index in [1.807, 2.05) is 48.9 Å². The van der Waals surface area contributed by atoms with E-state index >= 15 is 0 Å². The Morgan fingerprint density at radius 1 is 1.03 bits per heavy atom. The molecule has 0 saturated heterocycles. The zero-order chi connectivity index (χ0) is 22.3. The lowest BCUT2D eigenvalue weighted by atomic mass is 10.1. The van der Waals surface area contributed by atoms with Gasteiger partial charge in [-0.3, -0.25) is 4.99 Å². The van der Waals surface area contributed by atoms with E-state index < -0.39 is 9.84 Å². The summed E-state index contributed by atoms with van der Waals surface area (Å²) in [7, 11) is -1.57. The average Bonchev–Trinajstić information content (AvgIpc) is 3.11. The molecule has 164 valence electrons. The molecule has 31 heavy (non-hydrogen) atoms. The summed E-state index contributed by atoms with van der Waals surface area (Å²) in [5.41, 5.74) is 4.16. The van der Waals surface area contributed by atoms with Crippen molar-refractivity contribution in [1.29, 1.82) is 0 Å². The lowest BCUT2D eigenvalue weighted by Gasteiger charge is -2.15. The molecule has 1 heterocycles. The molecule has 3 rings (SSSR count). The molecule has 0 spiro atoms. The zero-order valence-corrected chi connectivity index (χ0v) is 19.0. The van der Waals surface area contributed by atoms with Gasteiger partial charge in [0.1, 0.15) is 0 Å². The minimum absolute atomic E-state index is 0.0851. The van der Waals surface area contributed by atoms with Crippen LogP contribution in [-0.2, 0) is 16.4 Å². The summed E-state index contributed by atoms with van der Waals surface area (Å²) in [6.45, 7) is 5.09. The van der Waals surface area contributed by atoms with Crippen molar-refractivity contribution in [1.82, 2.24) is 20.4 Å². The third-order valence-corrected chi connectivity index (χ3v) is 6.70. The minimum atomic E-state index is -3.27. The van der Waals surface area contributed by atoms with Crippen molar-refractivity contribution in [2.24, 2.45) is 4.99 Å². The Morgan fingerprint density at radius 2 is 1.74 bits per heavy atom. The second-order valence-corrected chi connectivity index (χ2v) is 9.41. The van der Waals surface area contributed by atoms with Crippen molar-refractivity contribution < 1.29 is 8.42 Å². The van der Waals surface area contributed by atoms with Crippen LogP contribution in [0.3, 0.4) is 0 Å². The molecule has 7 nitrogen and oxygen atoms in total. The molecule has 8 heteroatoms. The summed E-state index contributed by atoms with van der Waals surface area (Å²) in [4.78, 5) is 4.60. The summed E-state index contributed by atoms with van der Waals surface area (Å²) in [5, 5.41) is 11.1. The molecular weight excluding hydrogens is 410 g/mol. The van der Waals surface area contributed by atoms with Crippen molar-refractivity contribution >= 4 is 15.8 Å². The van der Waals surface area contributed by atoms with Crippen molar-refractivity contribution in [2.75, 3.05) is 19.3 Å². The number of sulfone groups is 1. The molecule has 0 saturated carbocycles. The molecule has 0 atom stereocenters. The fraction of sp³-hybridized carbons (Fsp3) is 0.304.